The molecule has 2 rings (SSSR count). The lowest BCUT2D eigenvalue weighted by Gasteiger charge is -2.39. The second-order valence-electron chi connectivity index (χ2n) is 5.59. The lowest BCUT2D eigenvalue weighted by atomic mass is 10.0. The molecule has 130 valence electrons. The lowest BCUT2D eigenvalue weighted by Crippen LogP contribution is -2.61. The molecule has 0 aliphatic carbocycles. The summed E-state index contributed by atoms with van der Waals surface area (Å²) in [4.78, 5) is 27.5. The van der Waals surface area contributed by atoms with Gasteiger partial charge in [-0.25, -0.2) is 4.79 Å². The van der Waals surface area contributed by atoms with Gasteiger partial charge in [-0.1, -0.05) is 25.5 Å². The maximum Gasteiger partial charge on any atom is 0.406 e. The predicted octanol–water partition coefficient (Wildman–Crippen LogP) is 4.16. The molecule has 5 nitrogen and oxygen atoms in total. The fourth-order valence-corrected chi connectivity index (χ4v) is 4.05. The molecule has 1 atom stereocenters. The largest absolute Gasteiger partial charge is 0.465 e. The Morgan fingerprint density at radius 3 is 2.21 bits per heavy atom. The van der Waals surface area contributed by atoms with Crippen LogP contribution in [0.2, 0.25) is 0 Å². The van der Waals surface area contributed by atoms with Gasteiger partial charge in [-0.05, 0) is 35.7 Å². The summed E-state index contributed by atoms with van der Waals surface area (Å²) in [7, 11) is 0. The maximum absolute atomic E-state index is 12.0. The van der Waals surface area contributed by atoms with E-state index in [1.54, 1.807) is 22.7 Å². The summed E-state index contributed by atoms with van der Waals surface area (Å²) >= 11 is 3.21. The van der Waals surface area contributed by atoms with E-state index in [0.717, 1.165) is 28.9 Å². The zero-order chi connectivity index (χ0) is 17.4. The molecule has 2 aromatic heterocycles. The van der Waals surface area contributed by atoms with Crippen molar-refractivity contribution in [2.45, 2.75) is 44.9 Å². The normalized spacial score (nSPS) is 13.6. The van der Waals surface area contributed by atoms with Gasteiger partial charge in [0.1, 0.15) is 0 Å². The molecule has 0 fully saturated rings. The van der Waals surface area contributed by atoms with E-state index in [2.05, 4.69) is 5.32 Å². The standard InChI is InChI=1S/C17H22N2O3S2/c1-2-3-8-17(13-20,18-16(21)22)19(11-14-6-4-9-23-14)12-15-7-5-10-24-15/h4-7,9-10,13,18H,2-3,8,11-12H2,1H3,(H,21,22)/t17-/m1/s1. The average Bonchev–Trinajstić information content (AvgIpc) is 3.24. The van der Waals surface area contributed by atoms with Crippen molar-refractivity contribution in [3.63, 3.8) is 0 Å². The van der Waals surface area contributed by atoms with Gasteiger partial charge in [-0.3, -0.25) is 15.0 Å². The molecule has 7 heteroatoms. The third-order valence-electron chi connectivity index (χ3n) is 3.85. The molecule has 0 unspecified atom stereocenters. The van der Waals surface area contributed by atoms with Crippen molar-refractivity contribution in [1.29, 1.82) is 0 Å². The number of amides is 1. The van der Waals surface area contributed by atoms with Crippen LogP contribution in [0.1, 0.15) is 35.9 Å². The molecule has 0 aliphatic rings. The molecule has 1 amide bonds. The Hall–Kier alpha value is -1.70. The molecule has 0 saturated carbocycles. The molecule has 0 bridgehead atoms. The Morgan fingerprint density at radius 1 is 1.25 bits per heavy atom. The molecule has 0 spiro atoms. The Balaban J connectivity index is 2.33. The number of hydrogen-bond acceptors (Lipinski definition) is 5. The van der Waals surface area contributed by atoms with E-state index < -0.39 is 11.8 Å². The van der Waals surface area contributed by atoms with Crippen LogP contribution in [0.5, 0.6) is 0 Å². The highest BCUT2D eigenvalue weighted by Crippen LogP contribution is 2.26. The van der Waals surface area contributed by atoms with E-state index in [-0.39, 0.29) is 0 Å². The van der Waals surface area contributed by atoms with Gasteiger partial charge in [0.2, 0.25) is 0 Å². The molecule has 0 radical (unpaired) electrons. The van der Waals surface area contributed by atoms with Gasteiger partial charge in [-0.15, -0.1) is 22.7 Å². The number of carboxylic acid groups (broad SMARTS) is 1. The zero-order valence-corrected chi connectivity index (χ0v) is 15.2. The third kappa shape index (κ3) is 4.90. The molecule has 2 aromatic rings. The number of rotatable bonds is 10. The van der Waals surface area contributed by atoms with Crippen molar-refractivity contribution < 1.29 is 14.7 Å². The Kier molecular flexibility index (Phi) is 6.96. The SMILES string of the molecule is CCCC[C@@](C=O)(NC(=O)O)N(Cc1cccs1)Cc1cccs1. The summed E-state index contributed by atoms with van der Waals surface area (Å²) in [5, 5.41) is 15.7. The van der Waals surface area contributed by atoms with Crippen LogP contribution in [0.25, 0.3) is 0 Å². The van der Waals surface area contributed by atoms with E-state index in [1.165, 1.54) is 0 Å². The minimum atomic E-state index is -1.21. The second-order valence-corrected chi connectivity index (χ2v) is 7.66. The first-order valence-electron chi connectivity index (χ1n) is 7.87. The molecule has 0 aliphatic heterocycles. The summed E-state index contributed by atoms with van der Waals surface area (Å²) in [6, 6.07) is 7.93. The summed E-state index contributed by atoms with van der Waals surface area (Å²) in [5.41, 5.74) is -1.21. The fourth-order valence-electron chi connectivity index (χ4n) is 2.61. The van der Waals surface area contributed by atoms with Crippen LogP contribution in [0, 0.1) is 0 Å². The average molecular weight is 367 g/mol. The van der Waals surface area contributed by atoms with Crippen LogP contribution in [0.15, 0.2) is 35.0 Å². The van der Waals surface area contributed by atoms with Crippen LogP contribution in [0.4, 0.5) is 4.79 Å². The Morgan fingerprint density at radius 2 is 1.83 bits per heavy atom. The Bertz CT molecular complexity index is 592. The summed E-state index contributed by atoms with van der Waals surface area (Å²) in [5.74, 6) is 0. The first-order valence-corrected chi connectivity index (χ1v) is 9.63. The number of nitrogens with one attached hydrogen (secondary N) is 1. The first-order chi connectivity index (χ1) is 11.6. The monoisotopic (exact) mass is 366 g/mol. The molecule has 0 saturated heterocycles. The van der Waals surface area contributed by atoms with Crippen LogP contribution in [-0.4, -0.2) is 28.0 Å². The van der Waals surface area contributed by atoms with Crippen molar-refractivity contribution in [2.75, 3.05) is 0 Å². The van der Waals surface area contributed by atoms with E-state index >= 15 is 0 Å². The van der Waals surface area contributed by atoms with Gasteiger partial charge in [0, 0.05) is 22.8 Å². The number of aldehydes is 1. The number of carbonyl (C=O) groups is 2. The van der Waals surface area contributed by atoms with Crippen molar-refractivity contribution in [1.82, 2.24) is 10.2 Å². The van der Waals surface area contributed by atoms with E-state index in [9.17, 15) is 14.7 Å². The number of unbranched alkanes of at least 4 members (excludes halogenated alkanes) is 1. The highest BCUT2D eigenvalue weighted by molar-refractivity contribution is 7.10. The zero-order valence-electron chi connectivity index (χ0n) is 13.6. The quantitative estimate of drug-likeness (QED) is 0.489. The second kappa shape index (κ2) is 8.96. The highest BCUT2D eigenvalue weighted by Gasteiger charge is 2.38. The molecule has 2 N–H and O–H groups in total. The van der Waals surface area contributed by atoms with E-state index in [4.69, 9.17) is 0 Å². The van der Waals surface area contributed by atoms with Crippen LogP contribution < -0.4 is 5.32 Å². The van der Waals surface area contributed by atoms with Gasteiger partial charge in [0.05, 0.1) is 0 Å². The minimum Gasteiger partial charge on any atom is -0.465 e. The van der Waals surface area contributed by atoms with Crippen molar-refractivity contribution in [3.8, 4) is 0 Å². The lowest BCUT2D eigenvalue weighted by molar-refractivity contribution is -0.122. The van der Waals surface area contributed by atoms with Crippen molar-refractivity contribution in [3.05, 3.63) is 44.8 Å². The first kappa shape index (κ1) is 18.6. The van der Waals surface area contributed by atoms with Gasteiger partial charge in [0.25, 0.3) is 0 Å². The van der Waals surface area contributed by atoms with Crippen LogP contribution >= 0.6 is 22.7 Å². The topological polar surface area (TPSA) is 69.6 Å². The molecule has 0 aromatic carbocycles. The van der Waals surface area contributed by atoms with Crippen LogP contribution in [0.3, 0.4) is 0 Å². The summed E-state index contributed by atoms with van der Waals surface area (Å²) in [6.45, 7) is 3.08. The molecular formula is C17H22N2O3S2. The van der Waals surface area contributed by atoms with E-state index in [0.29, 0.717) is 19.5 Å². The fraction of sp³-hybridized carbons (Fsp3) is 0.412. The number of nitrogens with zero attached hydrogens (tertiary/aromatic N) is 1. The minimum absolute atomic E-state index is 0.454. The smallest absolute Gasteiger partial charge is 0.406 e. The predicted molar refractivity (Wildman–Crippen MR) is 97.4 cm³/mol. The van der Waals surface area contributed by atoms with Crippen molar-refractivity contribution in [2.24, 2.45) is 0 Å². The highest BCUT2D eigenvalue weighted by atomic mass is 32.1. The Labute approximate surface area is 149 Å². The van der Waals surface area contributed by atoms with Gasteiger partial charge in [0.15, 0.2) is 11.9 Å². The molecule has 24 heavy (non-hydrogen) atoms. The van der Waals surface area contributed by atoms with Gasteiger partial charge in [-0.2, -0.15) is 0 Å². The van der Waals surface area contributed by atoms with Crippen LogP contribution in [-0.2, 0) is 17.9 Å². The summed E-state index contributed by atoms with van der Waals surface area (Å²) < 4.78 is 0. The number of hydrogen-bond donors (Lipinski definition) is 2. The molecular weight excluding hydrogens is 344 g/mol. The third-order valence-corrected chi connectivity index (χ3v) is 5.57. The van der Waals surface area contributed by atoms with E-state index in [1.807, 2.05) is 46.8 Å². The number of carbonyl (C=O) groups excluding carboxylic acids is 1. The van der Waals surface area contributed by atoms with Crippen molar-refractivity contribution >= 4 is 35.1 Å². The van der Waals surface area contributed by atoms with Gasteiger partial charge >= 0.3 is 6.09 Å². The molecule has 2 heterocycles. The maximum atomic E-state index is 12.0. The number of thiophene rings is 2. The van der Waals surface area contributed by atoms with Gasteiger partial charge < -0.3 is 5.11 Å². The summed E-state index contributed by atoms with van der Waals surface area (Å²) in [6.07, 6.45) is 1.68.